The van der Waals surface area contributed by atoms with Gasteiger partial charge in [-0.2, -0.15) is 0 Å². The van der Waals surface area contributed by atoms with E-state index < -0.39 is 5.41 Å². The number of rotatable bonds is 5. The van der Waals surface area contributed by atoms with Crippen molar-refractivity contribution in [1.82, 2.24) is 4.98 Å². The van der Waals surface area contributed by atoms with Crippen molar-refractivity contribution in [3.05, 3.63) is 16.1 Å². The minimum atomic E-state index is -0.424. The Kier molecular flexibility index (Phi) is 4.69. The average Bonchev–Trinajstić information content (AvgIpc) is 2.74. The van der Waals surface area contributed by atoms with Gasteiger partial charge >= 0.3 is 0 Å². The van der Waals surface area contributed by atoms with Gasteiger partial charge in [0.25, 0.3) is 0 Å². The van der Waals surface area contributed by atoms with Gasteiger partial charge in [-0.15, -0.1) is 11.3 Å². The molecule has 0 unspecified atom stereocenters. The molecular weight excluding hydrogens is 234 g/mol. The van der Waals surface area contributed by atoms with E-state index in [1.54, 1.807) is 11.3 Å². The predicted octanol–water partition coefficient (Wildman–Crippen LogP) is 2.36. The van der Waals surface area contributed by atoms with Crippen molar-refractivity contribution in [2.75, 3.05) is 13.2 Å². The first-order valence-corrected chi connectivity index (χ1v) is 6.91. The highest BCUT2D eigenvalue weighted by molar-refractivity contribution is 7.09. The van der Waals surface area contributed by atoms with E-state index in [0.29, 0.717) is 6.42 Å². The summed E-state index contributed by atoms with van der Waals surface area (Å²) in [5.74, 6) is 0. The van der Waals surface area contributed by atoms with E-state index in [1.165, 1.54) is 0 Å². The number of aliphatic hydroxyl groups excluding tert-OH is 2. The van der Waals surface area contributed by atoms with Crippen LogP contribution < -0.4 is 0 Å². The lowest BCUT2D eigenvalue weighted by molar-refractivity contribution is 0.0513. The second-order valence-electron chi connectivity index (χ2n) is 5.72. The largest absolute Gasteiger partial charge is 0.396 e. The second kappa shape index (κ2) is 5.46. The van der Waals surface area contributed by atoms with Crippen LogP contribution in [0.4, 0.5) is 0 Å². The summed E-state index contributed by atoms with van der Waals surface area (Å²) in [5, 5.41) is 21.9. The molecule has 2 N–H and O–H groups in total. The molecule has 0 fully saturated rings. The zero-order chi connectivity index (χ0) is 13.1. The van der Waals surface area contributed by atoms with Crippen LogP contribution in [0.25, 0.3) is 0 Å². The van der Waals surface area contributed by atoms with Gasteiger partial charge in [0.05, 0.1) is 23.9 Å². The number of hydrogen-bond acceptors (Lipinski definition) is 4. The summed E-state index contributed by atoms with van der Waals surface area (Å²) < 4.78 is 0. The van der Waals surface area contributed by atoms with Crippen LogP contribution in [-0.4, -0.2) is 28.4 Å². The van der Waals surface area contributed by atoms with E-state index in [4.69, 9.17) is 0 Å². The van der Waals surface area contributed by atoms with Gasteiger partial charge in [0, 0.05) is 22.6 Å². The normalized spacial score (nSPS) is 13.1. The number of nitrogens with zero attached hydrogens (tertiary/aromatic N) is 1. The maximum atomic E-state index is 9.42. The monoisotopic (exact) mass is 257 g/mol. The van der Waals surface area contributed by atoms with Crippen molar-refractivity contribution < 1.29 is 10.2 Å². The van der Waals surface area contributed by atoms with Crippen molar-refractivity contribution in [2.24, 2.45) is 5.41 Å². The van der Waals surface area contributed by atoms with Crippen molar-refractivity contribution in [3.8, 4) is 0 Å². The third-order valence-corrected chi connectivity index (χ3v) is 4.12. The molecule has 0 radical (unpaired) electrons. The van der Waals surface area contributed by atoms with E-state index >= 15 is 0 Å². The van der Waals surface area contributed by atoms with Crippen LogP contribution in [0.3, 0.4) is 0 Å². The van der Waals surface area contributed by atoms with Crippen molar-refractivity contribution in [2.45, 2.75) is 46.0 Å². The van der Waals surface area contributed by atoms with E-state index in [1.807, 2.05) is 6.92 Å². The van der Waals surface area contributed by atoms with E-state index in [-0.39, 0.29) is 18.6 Å². The van der Waals surface area contributed by atoms with Gasteiger partial charge in [-0.3, -0.25) is 0 Å². The molecule has 1 rings (SSSR count). The van der Waals surface area contributed by atoms with Crippen LogP contribution in [0.5, 0.6) is 0 Å². The van der Waals surface area contributed by atoms with Crippen LogP contribution in [0.15, 0.2) is 5.38 Å². The van der Waals surface area contributed by atoms with Crippen molar-refractivity contribution in [3.63, 3.8) is 0 Å². The van der Waals surface area contributed by atoms with E-state index in [9.17, 15) is 10.2 Å². The van der Waals surface area contributed by atoms with Gasteiger partial charge in [0.1, 0.15) is 0 Å². The van der Waals surface area contributed by atoms with Crippen LogP contribution in [-0.2, 0) is 11.8 Å². The Balaban J connectivity index is 2.85. The first-order valence-electron chi connectivity index (χ1n) is 6.03. The molecule has 3 nitrogen and oxygen atoms in total. The number of thiazole rings is 1. The molecule has 1 heterocycles. The van der Waals surface area contributed by atoms with Gasteiger partial charge in [-0.05, 0) is 6.42 Å². The first kappa shape index (κ1) is 14.6. The second-order valence-corrected chi connectivity index (χ2v) is 6.67. The number of aliphatic hydroxyl groups is 2. The van der Waals surface area contributed by atoms with Gasteiger partial charge in [-0.1, -0.05) is 27.7 Å². The Hall–Kier alpha value is -0.450. The van der Waals surface area contributed by atoms with E-state index in [0.717, 1.165) is 17.1 Å². The summed E-state index contributed by atoms with van der Waals surface area (Å²) in [5.41, 5.74) is 0.716. The Labute approximate surface area is 108 Å². The molecule has 0 aliphatic rings. The maximum Gasteiger partial charge on any atom is 0.0935 e. The zero-order valence-corrected chi connectivity index (χ0v) is 12.0. The fourth-order valence-electron chi connectivity index (χ4n) is 1.57. The topological polar surface area (TPSA) is 53.4 Å². The lowest BCUT2D eigenvalue weighted by atomic mass is 9.84. The fraction of sp³-hybridized carbons (Fsp3) is 0.769. The zero-order valence-electron chi connectivity index (χ0n) is 11.2. The summed E-state index contributed by atoms with van der Waals surface area (Å²) in [6.45, 7) is 8.41. The number of hydrogen-bond donors (Lipinski definition) is 2. The standard InChI is InChI=1S/C13H23NO2S/c1-5-13(8-15,9-16)6-11-14-10(7-17-11)12(2,3)4/h7,15-16H,5-6,8-9H2,1-4H3. The highest BCUT2D eigenvalue weighted by atomic mass is 32.1. The average molecular weight is 257 g/mol. The quantitative estimate of drug-likeness (QED) is 0.851. The fourth-order valence-corrected chi connectivity index (χ4v) is 2.76. The molecule has 0 atom stereocenters. The highest BCUT2D eigenvalue weighted by Gasteiger charge is 2.29. The molecule has 98 valence electrons. The molecule has 0 saturated carbocycles. The van der Waals surface area contributed by atoms with E-state index in [2.05, 4.69) is 31.1 Å². The third-order valence-electron chi connectivity index (χ3n) is 3.27. The summed E-state index contributed by atoms with van der Waals surface area (Å²) >= 11 is 1.62. The van der Waals surface area contributed by atoms with Crippen LogP contribution in [0.2, 0.25) is 0 Å². The maximum absolute atomic E-state index is 9.42. The lowest BCUT2D eigenvalue weighted by Gasteiger charge is -2.27. The molecule has 17 heavy (non-hydrogen) atoms. The molecule has 4 heteroatoms. The summed E-state index contributed by atoms with van der Waals surface area (Å²) in [6, 6.07) is 0. The summed E-state index contributed by atoms with van der Waals surface area (Å²) in [7, 11) is 0. The Bertz CT molecular complexity index is 342. The molecule has 0 aromatic carbocycles. The van der Waals surface area contributed by atoms with Gasteiger partial charge < -0.3 is 10.2 Å². The summed E-state index contributed by atoms with van der Waals surface area (Å²) in [4.78, 5) is 4.61. The molecule has 0 amide bonds. The molecule has 0 saturated heterocycles. The lowest BCUT2D eigenvalue weighted by Crippen LogP contribution is -2.31. The SMILES string of the molecule is CCC(CO)(CO)Cc1nc(C(C)(C)C)cs1. The minimum Gasteiger partial charge on any atom is -0.396 e. The smallest absolute Gasteiger partial charge is 0.0935 e. The molecular formula is C13H23NO2S. The molecule has 0 spiro atoms. The number of aromatic nitrogens is 1. The van der Waals surface area contributed by atoms with Crippen molar-refractivity contribution in [1.29, 1.82) is 0 Å². The first-order chi connectivity index (χ1) is 7.87. The third kappa shape index (κ3) is 3.50. The predicted molar refractivity (Wildman–Crippen MR) is 71.4 cm³/mol. The van der Waals surface area contributed by atoms with Crippen LogP contribution in [0.1, 0.15) is 44.8 Å². The van der Waals surface area contributed by atoms with Gasteiger partial charge in [0.2, 0.25) is 0 Å². The summed E-state index contributed by atoms with van der Waals surface area (Å²) in [6.07, 6.45) is 1.40. The highest BCUT2D eigenvalue weighted by Crippen LogP contribution is 2.30. The minimum absolute atomic E-state index is 0.00440. The van der Waals surface area contributed by atoms with Gasteiger partial charge in [0.15, 0.2) is 0 Å². The Morgan fingerprint density at radius 2 is 1.82 bits per heavy atom. The molecule has 0 aliphatic carbocycles. The molecule has 1 aromatic heterocycles. The molecule has 1 aromatic rings. The van der Waals surface area contributed by atoms with Crippen molar-refractivity contribution >= 4 is 11.3 Å². The van der Waals surface area contributed by atoms with Crippen LogP contribution >= 0.6 is 11.3 Å². The Morgan fingerprint density at radius 1 is 1.24 bits per heavy atom. The Morgan fingerprint density at radius 3 is 2.18 bits per heavy atom. The molecule has 0 aliphatic heterocycles. The van der Waals surface area contributed by atoms with Gasteiger partial charge in [-0.25, -0.2) is 4.98 Å². The van der Waals surface area contributed by atoms with Crippen LogP contribution in [0, 0.1) is 5.41 Å². The molecule has 0 bridgehead atoms.